The lowest BCUT2D eigenvalue weighted by molar-refractivity contribution is -0.131. The molecule has 1 aromatic carbocycles. The van der Waals surface area contributed by atoms with Gasteiger partial charge in [0.25, 0.3) is 0 Å². The molecule has 0 aromatic heterocycles. The zero-order chi connectivity index (χ0) is 15.5. The number of hydrogen-bond donors (Lipinski definition) is 1. The minimum Gasteiger partial charge on any atom is -0.493 e. The standard InChI is InChI=1S/C17H20O4/c1-3-5-6-12-21-16-13-15(20-11-4-2)9-7-14(16)8-10-17(18)19/h1,7-10,13H,4-6,11-12H2,2H3,(H,18,19)/b10-8+. The molecule has 0 saturated carbocycles. The smallest absolute Gasteiger partial charge is 0.328 e. The SMILES string of the molecule is C#CCCCOc1cc(OCCC)ccc1/C=C/C(=O)O. The summed E-state index contributed by atoms with van der Waals surface area (Å²) in [5, 5.41) is 8.71. The summed E-state index contributed by atoms with van der Waals surface area (Å²) in [5.74, 6) is 2.85. The maximum atomic E-state index is 10.6. The summed E-state index contributed by atoms with van der Waals surface area (Å²) in [6.45, 7) is 3.14. The highest BCUT2D eigenvalue weighted by Crippen LogP contribution is 2.26. The zero-order valence-corrected chi connectivity index (χ0v) is 12.2. The van der Waals surface area contributed by atoms with Gasteiger partial charge in [0.1, 0.15) is 11.5 Å². The predicted octanol–water partition coefficient (Wildman–Crippen LogP) is 3.37. The largest absolute Gasteiger partial charge is 0.493 e. The minimum atomic E-state index is -1.00. The molecule has 0 saturated heterocycles. The lowest BCUT2D eigenvalue weighted by Crippen LogP contribution is -2.00. The van der Waals surface area contributed by atoms with E-state index in [9.17, 15) is 4.79 Å². The number of ether oxygens (including phenoxy) is 2. The van der Waals surface area contributed by atoms with Crippen molar-refractivity contribution in [2.75, 3.05) is 13.2 Å². The van der Waals surface area contributed by atoms with Gasteiger partial charge in [-0.25, -0.2) is 4.79 Å². The van der Waals surface area contributed by atoms with Gasteiger partial charge < -0.3 is 14.6 Å². The van der Waals surface area contributed by atoms with Crippen LogP contribution in [-0.4, -0.2) is 24.3 Å². The molecule has 0 aliphatic heterocycles. The summed E-state index contributed by atoms with van der Waals surface area (Å²) < 4.78 is 11.2. The van der Waals surface area contributed by atoms with Crippen LogP contribution < -0.4 is 9.47 Å². The van der Waals surface area contributed by atoms with E-state index >= 15 is 0 Å². The number of rotatable bonds is 9. The maximum Gasteiger partial charge on any atom is 0.328 e. The molecular formula is C17H20O4. The molecule has 1 N–H and O–H groups in total. The quantitative estimate of drug-likeness (QED) is 0.430. The van der Waals surface area contributed by atoms with Crippen LogP contribution in [0.5, 0.6) is 11.5 Å². The summed E-state index contributed by atoms with van der Waals surface area (Å²) >= 11 is 0. The van der Waals surface area contributed by atoms with Crippen molar-refractivity contribution < 1.29 is 19.4 Å². The molecule has 0 spiro atoms. The van der Waals surface area contributed by atoms with Gasteiger partial charge in [-0.1, -0.05) is 6.92 Å². The molecule has 112 valence electrons. The second-order valence-electron chi connectivity index (χ2n) is 4.38. The Morgan fingerprint density at radius 3 is 2.86 bits per heavy atom. The third-order valence-corrected chi connectivity index (χ3v) is 2.59. The van der Waals surface area contributed by atoms with Gasteiger partial charge in [0, 0.05) is 24.1 Å². The van der Waals surface area contributed by atoms with Crippen molar-refractivity contribution in [1.29, 1.82) is 0 Å². The maximum absolute atomic E-state index is 10.6. The van der Waals surface area contributed by atoms with Gasteiger partial charge in [-0.05, 0) is 31.1 Å². The Labute approximate surface area is 125 Å². The van der Waals surface area contributed by atoms with Crippen LogP contribution in [0.3, 0.4) is 0 Å². The molecule has 0 heterocycles. The number of unbranched alkanes of at least 4 members (excludes halogenated alkanes) is 1. The third kappa shape index (κ3) is 6.53. The fourth-order valence-electron chi connectivity index (χ4n) is 1.60. The van der Waals surface area contributed by atoms with Crippen LogP contribution in [0.2, 0.25) is 0 Å². The topological polar surface area (TPSA) is 55.8 Å². The van der Waals surface area contributed by atoms with Crippen molar-refractivity contribution in [1.82, 2.24) is 0 Å². The Kier molecular flexibility index (Phi) is 7.52. The van der Waals surface area contributed by atoms with Gasteiger partial charge in [-0.15, -0.1) is 12.3 Å². The number of benzene rings is 1. The fourth-order valence-corrected chi connectivity index (χ4v) is 1.60. The number of carbonyl (C=O) groups is 1. The average Bonchev–Trinajstić information content (AvgIpc) is 2.48. The second-order valence-corrected chi connectivity index (χ2v) is 4.38. The van der Waals surface area contributed by atoms with Crippen molar-refractivity contribution in [2.24, 2.45) is 0 Å². The molecule has 4 heteroatoms. The molecule has 21 heavy (non-hydrogen) atoms. The number of hydrogen-bond acceptors (Lipinski definition) is 3. The molecule has 1 aromatic rings. The lowest BCUT2D eigenvalue weighted by Gasteiger charge is -2.11. The summed E-state index contributed by atoms with van der Waals surface area (Å²) in [4.78, 5) is 10.6. The molecule has 1 rings (SSSR count). The number of aliphatic carboxylic acids is 1. The van der Waals surface area contributed by atoms with Gasteiger partial charge in [0.05, 0.1) is 13.2 Å². The van der Waals surface area contributed by atoms with Gasteiger partial charge >= 0.3 is 5.97 Å². The van der Waals surface area contributed by atoms with E-state index in [1.54, 1.807) is 18.2 Å². The van der Waals surface area contributed by atoms with Crippen LogP contribution in [0.1, 0.15) is 31.7 Å². The van der Waals surface area contributed by atoms with Crippen molar-refractivity contribution in [3.05, 3.63) is 29.8 Å². The Morgan fingerprint density at radius 1 is 1.38 bits per heavy atom. The number of carboxylic acid groups (broad SMARTS) is 1. The van der Waals surface area contributed by atoms with Gasteiger partial charge in [-0.3, -0.25) is 0 Å². The normalized spacial score (nSPS) is 10.3. The molecule has 0 unspecified atom stereocenters. The Morgan fingerprint density at radius 2 is 2.19 bits per heavy atom. The van der Waals surface area contributed by atoms with Gasteiger partial charge in [-0.2, -0.15) is 0 Å². The van der Waals surface area contributed by atoms with E-state index in [0.29, 0.717) is 36.7 Å². The van der Waals surface area contributed by atoms with E-state index in [1.165, 1.54) is 6.08 Å². The Hall–Kier alpha value is -2.41. The highest BCUT2D eigenvalue weighted by Gasteiger charge is 2.05. The molecule has 0 bridgehead atoms. The van der Waals surface area contributed by atoms with Crippen LogP contribution in [0.15, 0.2) is 24.3 Å². The van der Waals surface area contributed by atoms with Crippen molar-refractivity contribution in [2.45, 2.75) is 26.2 Å². The molecule has 0 aliphatic carbocycles. The summed E-state index contributed by atoms with van der Waals surface area (Å²) in [5.41, 5.74) is 0.696. The first-order valence-electron chi connectivity index (χ1n) is 6.91. The molecule has 0 atom stereocenters. The predicted molar refractivity (Wildman–Crippen MR) is 82.5 cm³/mol. The lowest BCUT2D eigenvalue weighted by atomic mass is 10.1. The average molecular weight is 288 g/mol. The Bertz CT molecular complexity index is 526. The highest BCUT2D eigenvalue weighted by molar-refractivity contribution is 5.86. The fraction of sp³-hybridized carbons (Fsp3) is 0.353. The van der Waals surface area contributed by atoms with Crippen molar-refractivity contribution >= 4 is 12.0 Å². The first kappa shape index (κ1) is 16.6. The Balaban J connectivity index is 2.84. The molecule has 0 amide bonds. The van der Waals surface area contributed by atoms with E-state index in [1.807, 2.05) is 6.92 Å². The number of terminal acetylenes is 1. The van der Waals surface area contributed by atoms with E-state index in [-0.39, 0.29) is 0 Å². The summed E-state index contributed by atoms with van der Waals surface area (Å²) in [6, 6.07) is 5.35. The minimum absolute atomic E-state index is 0.481. The summed E-state index contributed by atoms with van der Waals surface area (Å²) in [6.07, 6.45) is 10.1. The summed E-state index contributed by atoms with van der Waals surface area (Å²) in [7, 11) is 0. The molecule has 0 fully saturated rings. The van der Waals surface area contributed by atoms with Crippen molar-refractivity contribution in [3.8, 4) is 23.8 Å². The van der Waals surface area contributed by atoms with Crippen LogP contribution in [0, 0.1) is 12.3 Å². The first-order chi connectivity index (χ1) is 10.2. The van der Waals surface area contributed by atoms with E-state index in [2.05, 4.69) is 5.92 Å². The molecule has 0 radical (unpaired) electrons. The van der Waals surface area contributed by atoms with Crippen molar-refractivity contribution in [3.63, 3.8) is 0 Å². The van der Waals surface area contributed by atoms with Gasteiger partial charge in [0.2, 0.25) is 0 Å². The zero-order valence-electron chi connectivity index (χ0n) is 12.2. The molecule has 0 aliphatic rings. The van der Waals surface area contributed by atoms with Crippen LogP contribution >= 0.6 is 0 Å². The first-order valence-corrected chi connectivity index (χ1v) is 6.91. The highest BCUT2D eigenvalue weighted by atomic mass is 16.5. The van der Waals surface area contributed by atoms with E-state index in [4.69, 9.17) is 21.0 Å². The van der Waals surface area contributed by atoms with Crippen LogP contribution in [0.4, 0.5) is 0 Å². The molecule has 4 nitrogen and oxygen atoms in total. The third-order valence-electron chi connectivity index (χ3n) is 2.59. The monoisotopic (exact) mass is 288 g/mol. The van der Waals surface area contributed by atoms with Gasteiger partial charge in [0.15, 0.2) is 0 Å². The van der Waals surface area contributed by atoms with E-state index < -0.39 is 5.97 Å². The second kappa shape index (κ2) is 9.49. The van der Waals surface area contributed by atoms with Crippen LogP contribution in [-0.2, 0) is 4.79 Å². The van der Waals surface area contributed by atoms with Crippen LogP contribution in [0.25, 0.3) is 6.08 Å². The van der Waals surface area contributed by atoms with E-state index in [0.717, 1.165) is 18.9 Å². The number of carboxylic acids is 1. The molecular weight excluding hydrogens is 268 g/mol.